The van der Waals surface area contributed by atoms with Gasteiger partial charge in [0.2, 0.25) is 5.91 Å². The van der Waals surface area contributed by atoms with Crippen LogP contribution < -0.4 is 5.73 Å². The van der Waals surface area contributed by atoms with Crippen LogP contribution in [0, 0.1) is 0 Å². The highest BCUT2D eigenvalue weighted by Gasteiger charge is 2.34. The lowest BCUT2D eigenvalue weighted by Crippen LogP contribution is -2.57. The van der Waals surface area contributed by atoms with Gasteiger partial charge in [0.1, 0.15) is 0 Å². The third-order valence-electron chi connectivity index (χ3n) is 4.72. The van der Waals surface area contributed by atoms with Crippen LogP contribution in [0.1, 0.15) is 52.4 Å². The summed E-state index contributed by atoms with van der Waals surface area (Å²) in [5.41, 5.74) is 6.11. The highest BCUT2D eigenvalue weighted by Crippen LogP contribution is 2.23. The molecule has 2 rings (SSSR count). The topological polar surface area (TPSA) is 49.6 Å². The molecule has 0 radical (unpaired) electrons. The van der Waals surface area contributed by atoms with Crippen molar-refractivity contribution >= 4 is 5.91 Å². The van der Waals surface area contributed by atoms with Crippen molar-refractivity contribution in [3.8, 4) is 0 Å². The maximum absolute atomic E-state index is 12.6. The van der Waals surface area contributed by atoms with Gasteiger partial charge in [0.15, 0.2) is 0 Å². The molecule has 2 saturated heterocycles. The molecule has 0 spiro atoms. The van der Waals surface area contributed by atoms with Crippen molar-refractivity contribution in [1.82, 2.24) is 9.80 Å². The predicted octanol–water partition coefficient (Wildman–Crippen LogP) is 1.59. The van der Waals surface area contributed by atoms with E-state index in [-0.39, 0.29) is 12.1 Å². The quantitative estimate of drug-likeness (QED) is 0.845. The SMILES string of the molecule is CC(N)C1CCCCN1C(C)C(=O)N1CCCCC1. The van der Waals surface area contributed by atoms with Gasteiger partial charge < -0.3 is 10.6 Å². The van der Waals surface area contributed by atoms with Gasteiger partial charge in [-0.2, -0.15) is 0 Å². The lowest BCUT2D eigenvalue weighted by molar-refractivity contribution is -0.139. The Hall–Kier alpha value is -0.610. The van der Waals surface area contributed by atoms with Crippen molar-refractivity contribution in [1.29, 1.82) is 0 Å². The Kier molecular flexibility index (Phi) is 5.22. The molecular formula is C15H29N3O. The number of carbonyl (C=O) groups is 1. The summed E-state index contributed by atoms with van der Waals surface area (Å²) >= 11 is 0. The molecule has 2 fully saturated rings. The first-order valence-electron chi connectivity index (χ1n) is 7.91. The standard InChI is InChI=1S/C15H29N3O/c1-12(16)14-8-4-7-11-18(14)13(2)15(19)17-9-5-3-6-10-17/h12-14H,3-11,16H2,1-2H3. The smallest absolute Gasteiger partial charge is 0.239 e. The Morgan fingerprint density at radius 3 is 2.32 bits per heavy atom. The van der Waals surface area contributed by atoms with E-state index in [0.29, 0.717) is 11.9 Å². The van der Waals surface area contributed by atoms with Crippen LogP contribution >= 0.6 is 0 Å². The van der Waals surface area contributed by atoms with Gasteiger partial charge in [-0.15, -0.1) is 0 Å². The zero-order valence-electron chi connectivity index (χ0n) is 12.5. The highest BCUT2D eigenvalue weighted by molar-refractivity contribution is 5.81. The predicted molar refractivity (Wildman–Crippen MR) is 77.9 cm³/mol. The van der Waals surface area contributed by atoms with Gasteiger partial charge in [-0.05, 0) is 52.5 Å². The van der Waals surface area contributed by atoms with Crippen LogP contribution in [-0.4, -0.2) is 53.5 Å². The second-order valence-electron chi connectivity index (χ2n) is 6.22. The van der Waals surface area contributed by atoms with Crippen LogP contribution in [0.4, 0.5) is 0 Å². The third-order valence-corrected chi connectivity index (χ3v) is 4.72. The minimum Gasteiger partial charge on any atom is -0.341 e. The Morgan fingerprint density at radius 1 is 1.05 bits per heavy atom. The molecular weight excluding hydrogens is 238 g/mol. The zero-order chi connectivity index (χ0) is 13.8. The monoisotopic (exact) mass is 267 g/mol. The molecule has 4 heteroatoms. The molecule has 0 aromatic rings. The third kappa shape index (κ3) is 3.48. The molecule has 0 aliphatic carbocycles. The number of piperidine rings is 2. The average molecular weight is 267 g/mol. The maximum Gasteiger partial charge on any atom is 0.239 e. The van der Waals surface area contributed by atoms with Crippen molar-refractivity contribution < 1.29 is 4.79 Å². The van der Waals surface area contributed by atoms with Crippen LogP contribution in [0.2, 0.25) is 0 Å². The molecule has 3 unspecified atom stereocenters. The minimum absolute atomic E-state index is 0.00519. The number of amides is 1. The lowest BCUT2D eigenvalue weighted by Gasteiger charge is -2.43. The Morgan fingerprint density at radius 2 is 1.68 bits per heavy atom. The van der Waals surface area contributed by atoms with Gasteiger partial charge >= 0.3 is 0 Å². The van der Waals surface area contributed by atoms with E-state index in [1.807, 2.05) is 0 Å². The first-order valence-corrected chi connectivity index (χ1v) is 7.91. The zero-order valence-corrected chi connectivity index (χ0v) is 12.5. The first-order chi connectivity index (χ1) is 9.11. The molecule has 0 saturated carbocycles. The van der Waals surface area contributed by atoms with Crippen LogP contribution in [-0.2, 0) is 4.79 Å². The molecule has 2 aliphatic rings. The van der Waals surface area contributed by atoms with Crippen molar-refractivity contribution in [2.24, 2.45) is 5.73 Å². The fourth-order valence-corrected chi connectivity index (χ4v) is 3.55. The molecule has 19 heavy (non-hydrogen) atoms. The summed E-state index contributed by atoms with van der Waals surface area (Å²) in [7, 11) is 0. The normalized spacial score (nSPS) is 29.0. The molecule has 2 heterocycles. The van der Waals surface area contributed by atoms with Crippen LogP contribution in [0.3, 0.4) is 0 Å². The van der Waals surface area contributed by atoms with E-state index in [2.05, 4.69) is 23.6 Å². The fraction of sp³-hybridized carbons (Fsp3) is 0.933. The summed E-state index contributed by atoms with van der Waals surface area (Å²) in [4.78, 5) is 17.0. The second-order valence-corrected chi connectivity index (χ2v) is 6.22. The Bertz CT molecular complexity index is 300. The molecule has 0 bridgehead atoms. The van der Waals surface area contributed by atoms with Gasteiger partial charge in [-0.1, -0.05) is 6.42 Å². The number of carbonyl (C=O) groups excluding carboxylic acids is 1. The van der Waals surface area contributed by atoms with E-state index in [4.69, 9.17) is 5.73 Å². The molecule has 0 aromatic carbocycles. The van der Waals surface area contributed by atoms with Gasteiger partial charge in [0.25, 0.3) is 0 Å². The van der Waals surface area contributed by atoms with Crippen LogP contribution in [0.25, 0.3) is 0 Å². The summed E-state index contributed by atoms with van der Waals surface area (Å²) in [6.45, 7) is 7.05. The van der Waals surface area contributed by atoms with Gasteiger partial charge in [-0.25, -0.2) is 0 Å². The van der Waals surface area contributed by atoms with E-state index >= 15 is 0 Å². The number of nitrogens with two attached hydrogens (primary N) is 1. The van der Waals surface area contributed by atoms with Crippen molar-refractivity contribution in [3.63, 3.8) is 0 Å². The number of hydrogen-bond donors (Lipinski definition) is 1. The van der Waals surface area contributed by atoms with Gasteiger partial charge in [-0.3, -0.25) is 9.69 Å². The summed E-state index contributed by atoms with van der Waals surface area (Å²) in [5.74, 6) is 0.312. The minimum atomic E-state index is -0.00519. The summed E-state index contributed by atoms with van der Waals surface area (Å²) < 4.78 is 0. The van der Waals surface area contributed by atoms with Gasteiger partial charge in [0.05, 0.1) is 6.04 Å². The maximum atomic E-state index is 12.6. The van der Waals surface area contributed by atoms with E-state index in [0.717, 1.165) is 38.9 Å². The number of nitrogens with zero attached hydrogens (tertiary/aromatic N) is 2. The van der Waals surface area contributed by atoms with Crippen LogP contribution in [0.15, 0.2) is 0 Å². The van der Waals surface area contributed by atoms with E-state index < -0.39 is 0 Å². The van der Waals surface area contributed by atoms with E-state index in [1.165, 1.54) is 19.3 Å². The van der Waals surface area contributed by atoms with Gasteiger partial charge in [0, 0.05) is 25.2 Å². The summed E-state index contributed by atoms with van der Waals surface area (Å²) in [6.07, 6.45) is 7.16. The molecule has 110 valence electrons. The van der Waals surface area contributed by atoms with Crippen molar-refractivity contribution in [2.45, 2.75) is 70.5 Å². The fourth-order valence-electron chi connectivity index (χ4n) is 3.55. The summed E-state index contributed by atoms with van der Waals surface area (Å²) in [5, 5.41) is 0. The number of likely N-dealkylation sites (tertiary alicyclic amines) is 2. The largest absolute Gasteiger partial charge is 0.341 e. The molecule has 2 N–H and O–H groups in total. The lowest BCUT2D eigenvalue weighted by atomic mass is 9.95. The first kappa shape index (κ1) is 14.8. The van der Waals surface area contributed by atoms with Crippen LogP contribution in [0.5, 0.6) is 0 Å². The molecule has 3 atom stereocenters. The Labute approximate surface area is 117 Å². The Balaban J connectivity index is 1.99. The summed E-state index contributed by atoms with van der Waals surface area (Å²) in [6, 6.07) is 0.517. The highest BCUT2D eigenvalue weighted by atomic mass is 16.2. The second kappa shape index (κ2) is 6.71. The molecule has 2 aliphatic heterocycles. The van der Waals surface area contributed by atoms with E-state index in [9.17, 15) is 4.79 Å². The molecule has 1 amide bonds. The van der Waals surface area contributed by atoms with Crippen molar-refractivity contribution in [2.75, 3.05) is 19.6 Å². The number of hydrogen-bond acceptors (Lipinski definition) is 3. The van der Waals surface area contributed by atoms with Crippen molar-refractivity contribution in [3.05, 3.63) is 0 Å². The van der Waals surface area contributed by atoms with E-state index in [1.54, 1.807) is 0 Å². The number of rotatable bonds is 3. The average Bonchev–Trinajstić information content (AvgIpc) is 2.46. The molecule has 0 aromatic heterocycles. The molecule has 4 nitrogen and oxygen atoms in total.